The highest BCUT2D eigenvalue weighted by molar-refractivity contribution is 8.76. The van der Waals surface area contributed by atoms with Gasteiger partial charge in [-0.25, -0.2) is 0 Å². The Morgan fingerprint density at radius 2 is 1.09 bits per heavy atom. The average Bonchev–Trinajstić information content (AvgIpc) is 2.46. The molecule has 126 valence electrons. The second-order valence-corrected chi connectivity index (χ2v) is 6.86. The third-order valence-electron chi connectivity index (χ3n) is 2.43. The first-order chi connectivity index (χ1) is 10.3. The van der Waals surface area contributed by atoms with Crippen molar-refractivity contribution in [3.63, 3.8) is 0 Å². The van der Waals surface area contributed by atoms with Crippen LogP contribution in [-0.2, 0) is 19.2 Å². The summed E-state index contributed by atoms with van der Waals surface area (Å²) < 4.78 is 0. The van der Waals surface area contributed by atoms with Crippen LogP contribution in [0.2, 0.25) is 0 Å². The molecule has 0 aliphatic carbocycles. The molecule has 0 aliphatic rings. The minimum atomic E-state index is -0.640. The molecule has 8 nitrogen and oxygen atoms in total. The summed E-state index contributed by atoms with van der Waals surface area (Å²) in [5.41, 5.74) is 0. The van der Waals surface area contributed by atoms with Gasteiger partial charge in [-0.15, -0.1) is 0 Å². The molecule has 0 aromatic heterocycles. The summed E-state index contributed by atoms with van der Waals surface area (Å²) >= 11 is 0. The van der Waals surface area contributed by atoms with Gasteiger partial charge in [-0.05, 0) is 0 Å². The molecule has 0 bridgehead atoms. The fourth-order valence-corrected chi connectivity index (χ4v) is 3.77. The highest BCUT2D eigenvalue weighted by Crippen LogP contribution is 2.23. The molecule has 0 saturated carbocycles. The Hall–Kier alpha value is -1.42. The van der Waals surface area contributed by atoms with Crippen molar-refractivity contribution in [3.05, 3.63) is 0 Å². The van der Waals surface area contributed by atoms with Crippen LogP contribution in [0.1, 0.15) is 13.8 Å². The Kier molecular flexibility index (Phi) is 10.5. The van der Waals surface area contributed by atoms with E-state index in [4.69, 9.17) is 0 Å². The van der Waals surface area contributed by atoms with E-state index in [1.54, 1.807) is 0 Å². The maximum absolute atomic E-state index is 11.6. The topological polar surface area (TPSA) is 116 Å². The SMILES string of the molecule is CNC(=O)C(CSSCC(NC(C)=O)C(=O)NC)NC(C)=O. The first kappa shape index (κ1) is 20.6. The summed E-state index contributed by atoms with van der Waals surface area (Å²) in [6.07, 6.45) is 0. The van der Waals surface area contributed by atoms with Gasteiger partial charge in [-0.1, -0.05) is 21.6 Å². The second kappa shape index (κ2) is 11.2. The van der Waals surface area contributed by atoms with Gasteiger partial charge in [0.05, 0.1) is 0 Å². The van der Waals surface area contributed by atoms with Crippen LogP contribution >= 0.6 is 21.6 Å². The molecule has 0 heterocycles. The van der Waals surface area contributed by atoms with Gasteiger partial charge < -0.3 is 21.3 Å². The van der Waals surface area contributed by atoms with Crippen molar-refractivity contribution in [1.82, 2.24) is 21.3 Å². The molecule has 0 aromatic carbocycles. The fourth-order valence-electron chi connectivity index (χ4n) is 1.44. The van der Waals surface area contributed by atoms with Gasteiger partial charge in [0, 0.05) is 39.4 Å². The number of carbonyl (C=O) groups excluding carboxylic acids is 4. The van der Waals surface area contributed by atoms with E-state index in [-0.39, 0.29) is 23.6 Å². The standard InChI is InChI=1S/C12H22N4O4S2/c1-7(17)15-9(11(19)13-3)5-21-22-6-10(12(20)14-4)16-8(2)18/h9-10H,5-6H2,1-4H3,(H,13,19)(H,14,20)(H,15,17)(H,16,18). The number of amides is 4. The van der Waals surface area contributed by atoms with Crippen LogP contribution in [0.4, 0.5) is 0 Å². The van der Waals surface area contributed by atoms with Gasteiger partial charge in [0.15, 0.2) is 0 Å². The zero-order valence-electron chi connectivity index (χ0n) is 13.0. The molecule has 0 aromatic rings. The monoisotopic (exact) mass is 350 g/mol. The van der Waals surface area contributed by atoms with E-state index >= 15 is 0 Å². The van der Waals surface area contributed by atoms with Crippen LogP contribution in [0.25, 0.3) is 0 Å². The number of nitrogens with one attached hydrogen (secondary N) is 4. The van der Waals surface area contributed by atoms with E-state index in [0.29, 0.717) is 11.5 Å². The summed E-state index contributed by atoms with van der Waals surface area (Å²) in [7, 11) is 5.67. The Morgan fingerprint density at radius 1 is 0.773 bits per heavy atom. The van der Waals surface area contributed by atoms with Crippen LogP contribution in [0.5, 0.6) is 0 Å². The van der Waals surface area contributed by atoms with Gasteiger partial charge in [0.25, 0.3) is 0 Å². The summed E-state index contributed by atoms with van der Waals surface area (Å²) in [6.45, 7) is 2.68. The lowest BCUT2D eigenvalue weighted by Crippen LogP contribution is -2.47. The molecule has 0 aliphatic heterocycles. The van der Waals surface area contributed by atoms with E-state index in [1.807, 2.05) is 0 Å². The highest BCUT2D eigenvalue weighted by atomic mass is 33.1. The molecular weight excluding hydrogens is 328 g/mol. The zero-order chi connectivity index (χ0) is 17.1. The van der Waals surface area contributed by atoms with Crippen LogP contribution in [-0.4, -0.2) is 61.3 Å². The molecule has 10 heteroatoms. The number of carbonyl (C=O) groups is 4. The van der Waals surface area contributed by atoms with Gasteiger partial charge >= 0.3 is 0 Å². The Balaban J connectivity index is 4.33. The number of rotatable bonds is 9. The lowest BCUT2D eigenvalue weighted by Gasteiger charge is -2.17. The van der Waals surface area contributed by atoms with Crippen LogP contribution in [0.15, 0.2) is 0 Å². The van der Waals surface area contributed by atoms with Crippen molar-refractivity contribution in [2.75, 3.05) is 25.6 Å². The maximum atomic E-state index is 11.6. The molecule has 4 amide bonds. The van der Waals surface area contributed by atoms with Crippen molar-refractivity contribution >= 4 is 45.2 Å². The Bertz CT molecular complexity index is 382. The molecule has 0 saturated heterocycles. The maximum Gasteiger partial charge on any atom is 0.243 e. The first-order valence-electron chi connectivity index (χ1n) is 6.53. The number of hydrogen-bond acceptors (Lipinski definition) is 6. The predicted molar refractivity (Wildman–Crippen MR) is 88.3 cm³/mol. The fraction of sp³-hybridized carbons (Fsp3) is 0.667. The van der Waals surface area contributed by atoms with Crippen molar-refractivity contribution < 1.29 is 19.2 Å². The lowest BCUT2D eigenvalue weighted by molar-refractivity contribution is -0.127. The second-order valence-electron chi connectivity index (χ2n) is 4.30. The van der Waals surface area contributed by atoms with E-state index in [0.717, 1.165) is 0 Å². The molecule has 0 radical (unpaired) electrons. The van der Waals surface area contributed by atoms with Crippen LogP contribution < -0.4 is 21.3 Å². The average molecular weight is 350 g/mol. The van der Waals surface area contributed by atoms with Gasteiger partial charge in [-0.3, -0.25) is 19.2 Å². The lowest BCUT2D eigenvalue weighted by atomic mass is 10.3. The van der Waals surface area contributed by atoms with E-state index in [2.05, 4.69) is 21.3 Å². The van der Waals surface area contributed by atoms with Gasteiger partial charge in [-0.2, -0.15) is 0 Å². The highest BCUT2D eigenvalue weighted by Gasteiger charge is 2.21. The smallest absolute Gasteiger partial charge is 0.243 e. The molecule has 0 spiro atoms. The van der Waals surface area contributed by atoms with Crippen molar-refractivity contribution in [2.45, 2.75) is 25.9 Å². The molecule has 22 heavy (non-hydrogen) atoms. The number of hydrogen-bond donors (Lipinski definition) is 4. The summed E-state index contributed by atoms with van der Waals surface area (Å²) in [6, 6.07) is -1.28. The normalized spacial score (nSPS) is 12.7. The summed E-state index contributed by atoms with van der Waals surface area (Å²) in [4.78, 5) is 45.3. The van der Waals surface area contributed by atoms with Gasteiger partial charge in [0.1, 0.15) is 12.1 Å². The van der Waals surface area contributed by atoms with E-state index < -0.39 is 12.1 Å². The van der Waals surface area contributed by atoms with Crippen LogP contribution in [0.3, 0.4) is 0 Å². The van der Waals surface area contributed by atoms with Crippen molar-refractivity contribution in [2.24, 2.45) is 0 Å². The largest absolute Gasteiger partial charge is 0.357 e. The molecule has 4 N–H and O–H groups in total. The van der Waals surface area contributed by atoms with Crippen LogP contribution in [0, 0.1) is 0 Å². The first-order valence-corrected chi connectivity index (χ1v) is 9.02. The molecular formula is C12H22N4O4S2. The van der Waals surface area contributed by atoms with Gasteiger partial charge in [0.2, 0.25) is 23.6 Å². The third-order valence-corrected chi connectivity index (χ3v) is 4.86. The molecule has 0 rings (SSSR count). The molecule has 2 unspecified atom stereocenters. The minimum Gasteiger partial charge on any atom is -0.357 e. The third kappa shape index (κ3) is 8.78. The quantitative estimate of drug-likeness (QED) is 0.309. The zero-order valence-corrected chi connectivity index (χ0v) is 14.7. The summed E-state index contributed by atoms with van der Waals surface area (Å²) in [5.74, 6) is -0.447. The molecule has 0 fully saturated rings. The van der Waals surface area contributed by atoms with Crippen molar-refractivity contribution in [3.8, 4) is 0 Å². The Morgan fingerprint density at radius 3 is 1.32 bits per heavy atom. The molecule has 2 atom stereocenters. The van der Waals surface area contributed by atoms with Crippen molar-refractivity contribution in [1.29, 1.82) is 0 Å². The van der Waals surface area contributed by atoms with E-state index in [1.165, 1.54) is 49.5 Å². The van der Waals surface area contributed by atoms with E-state index in [9.17, 15) is 19.2 Å². The minimum absolute atomic E-state index is 0.284. The Labute approximate surface area is 137 Å². The summed E-state index contributed by atoms with van der Waals surface area (Å²) in [5, 5.41) is 10.1. The predicted octanol–water partition coefficient (Wildman–Crippen LogP) is -1.13. The number of likely N-dealkylation sites (N-methyl/N-ethyl adjacent to an activating group) is 2.